The van der Waals surface area contributed by atoms with Crippen molar-refractivity contribution in [3.63, 3.8) is 0 Å². The van der Waals surface area contributed by atoms with Crippen LogP contribution in [0.15, 0.2) is 42.5 Å². The Hall–Kier alpha value is -2.24. The maximum atomic E-state index is 12.1. The van der Waals surface area contributed by atoms with Crippen LogP contribution in [-0.2, 0) is 4.79 Å². The molecule has 0 aliphatic rings. The average Bonchev–Trinajstić information content (AvgIpc) is 2.52. The van der Waals surface area contributed by atoms with Gasteiger partial charge in [0.05, 0.1) is 5.02 Å². The lowest BCUT2D eigenvalue weighted by Crippen LogP contribution is -2.30. The van der Waals surface area contributed by atoms with Crippen molar-refractivity contribution in [1.82, 2.24) is 0 Å². The van der Waals surface area contributed by atoms with Crippen LogP contribution in [0.1, 0.15) is 17.3 Å². The van der Waals surface area contributed by atoms with Crippen molar-refractivity contribution in [2.45, 2.75) is 13.0 Å². The zero-order chi connectivity index (χ0) is 17.0. The minimum absolute atomic E-state index is 0.250. The molecule has 120 valence electrons. The second-order valence-electron chi connectivity index (χ2n) is 4.74. The van der Waals surface area contributed by atoms with E-state index in [9.17, 15) is 9.59 Å². The standard InChI is InChI=1S/C16H14Cl2N2O3/c1-9(23-13-4-2-3-12(17)14(13)18)16(22)20-11-7-5-10(6-8-11)15(19)21/h2-9H,1H3,(H2,19,21)(H,20,22). The Labute approximate surface area is 143 Å². The highest BCUT2D eigenvalue weighted by Crippen LogP contribution is 2.32. The van der Waals surface area contributed by atoms with Gasteiger partial charge in [0.1, 0.15) is 10.8 Å². The third-order valence-corrected chi connectivity index (χ3v) is 3.83. The Morgan fingerprint density at radius 1 is 1.13 bits per heavy atom. The number of halogens is 2. The number of primary amides is 1. The first-order valence-corrected chi connectivity index (χ1v) is 7.45. The molecule has 1 atom stereocenters. The molecule has 1 unspecified atom stereocenters. The molecular weight excluding hydrogens is 339 g/mol. The van der Waals surface area contributed by atoms with Crippen molar-refractivity contribution in [3.8, 4) is 5.75 Å². The van der Waals surface area contributed by atoms with Crippen molar-refractivity contribution < 1.29 is 14.3 Å². The van der Waals surface area contributed by atoms with E-state index in [-0.39, 0.29) is 10.9 Å². The molecule has 0 heterocycles. The Morgan fingerprint density at radius 3 is 2.39 bits per heavy atom. The molecule has 0 spiro atoms. The molecular formula is C16H14Cl2N2O3. The van der Waals surface area contributed by atoms with Crippen molar-refractivity contribution in [2.75, 3.05) is 5.32 Å². The molecule has 2 amide bonds. The first kappa shape index (κ1) is 17.1. The van der Waals surface area contributed by atoms with Gasteiger partial charge in [-0.25, -0.2) is 0 Å². The predicted molar refractivity (Wildman–Crippen MR) is 90.1 cm³/mol. The molecule has 0 radical (unpaired) electrons. The van der Waals surface area contributed by atoms with E-state index in [1.807, 2.05) is 0 Å². The summed E-state index contributed by atoms with van der Waals surface area (Å²) in [4.78, 5) is 23.1. The number of carbonyl (C=O) groups is 2. The molecule has 5 nitrogen and oxygen atoms in total. The lowest BCUT2D eigenvalue weighted by Gasteiger charge is -2.16. The summed E-state index contributed by atoms with van der Waals surface area (Å²) in [5.74, 6) is -0.575. The number of hydrogen-bond donors (Lipinski definition) is 2. The minimum Gasteiger partial charge on any atom is -0.479 e. The highest BCUT2D eigenvalue weighted by Gasteiger charge is 2.17. The van der Waals surface area contributed by atoms with Gasteiger partial charge in [-0.2, -0.15) is 0 Å². The van der Waals surface area contributed by atoms with E-state index in [1.165, 1.54) is 12.1 Å². The van der Waals surface area contributed by atoms with Crippen LogP contribution in [-0.4, -0.2) is 17.9 Å². The van der Waals surface area contributed by atoms with Gasteiger partial charge in [-0.3, -0.25) is 9.59 Å². The Balaban J connectivity index is 2.02. The zero-order valence-electron chi connectivity index (χ0n) is 12.2. The molecule has 3 N–H and O–H groups in total. The van der Waals surface area contributed by atoms with Crippen LogP contribution in [0.3, 0.4) is 0 Å². The Bertz CT molecular complexity index is 733. The predicted octanol–water partition coefficient (Wildman–Crippen LogP) is 3.50. The molecule has 0 aliphatic heterocycles. The summed E-state index contributed by atoms with van der Waals surface area (Å²) in [7, 11) is 0. The normalized spacial score (nSPS) is 11.6. The monoisotopic (exact) mass is 352 g/mol. The molecule has 0 bridgehead atoms. The maximum absolute atomic E-state index is 12.1. The molecule has 0 aliphatic carbocycles. The van der Waals surface area contributed by atoms with Gasteiger partial charge in [-0.05, 0) is 43.3 Å². The van der Waals surface area contributed by atoms with Gasteiger partial charge in [0.2, 0.25) is 5.91 Å². The first-order valence-electron chi connectivity index (χ1n) is 6.70. The van der Waals surface area contributed by atoms with E-state index >= 15 is 0 Å². The quantitative estimate of drug-likeness (QED) is 0.863. The van der Waals surface area contributed by atoms with Gasteiger partial charge in [0, 0.05) is 11.3 Å². The van der Waals surface area contributed by atoms with Gasteiger partial charge in [-0.15, -0.1) is 0 Å². The van der Waals surface area contributed by atoms with E-state index in [0.29, 0.717) is 22.0 Å². The molecule has 2 aromatic carbocycles. The maximum Gasteiger partial charge on any atom is 0.265 e. The van der Waals surface area contributed by atoms with Crippen LogP contribution in [0, 0.1) is 0 Å². The van der Waals surface area contributed by atoms with E-state index in [2.05, 4.69) is 5.32 Å². The molecule has 7 heteroatoms. The topological polar surface area (TPSA) is 81.4 Å². The average molecular weight is 353 g/mol. The van der Waals surface area contributed by atoms with Crippen molar-refractivity contribution in [3.05, 3.63) is 58.1 Å². The van der Waals surface area contributed by atoms with Gasteiger partial charge in [-0.1, -0.05) is 29.3 Å². The third kappa shape index (κ3) is 4.37. The molecule has 0 saturated heterocycles. The second kappa shape index (κ2) is 7.35. The molecule has 0 saturated carbocycles. The van der Waals surface area contributed by atoms with Crippen molar-refractivity contribution in [2.24, 2.45) is 5.73 Å². The van der Waals surface area contributed by atoms with Crippen molar-refractivity contribution >= 4 is 40.7 Å². The molecule has 0 fully saturated rings. The number of hydrogen-bond acceptors (Lipinski definition) is 3. The van der Waals surface area contributed by atoms with Crippen LogP contribution in [0.4, 0.5) is 5.69 Å². The molecule has 2 aromatic rings. The summed E-state index contributed by atoms with van der Waals surface area (Å²) >= 11 is 11.9. The Morgan fingerprint density at radius 2 is 1.78 bits per heavy atom. The van der Waals surface area contributed by atoms with Gasteiger partial charge >= 0.3 is 0 Å². The number of nitrogens with one attached hydrogen (secondary N) is 1. The summed E-state index contributed by atoms with van der Waals surface area (Å²) in [5.41, 5.74) is 6.04. The third-order valence-electron chi connectivity index (χ3n) is 3.03. The zero-order valence-corrected chi connectivity index (χ0v) is 13.7. The first-order chi connectivity index (χ1) is 10.9. The minimum atomic E-state index is -0.790. The number of carbonyl (C=O) groups excluding carboxylic acids is 2. The van der Waals surface area contributed by atoms with E-state index in [4.69, 9.17) is 33.7 Å². The number of rotatable bonds is 5. The summed E-state index contributed by atoms with van der Waals surface area (Å²) in [5, 5.41) is 3.27. The van der Waals surface area contributed by atoms with E-state index < -0.39 is 12.0 Å². The van der Waals surface area contributed by atoms with Gasteiger partial charge in [0.15, 0.2) is 6.10 Å². The SMILES string of the molecule is CC(Oc1cccc(Cl)c1Cl)C(=O)Nc1ccc(C(N)=O)cc1. The van der Waals surface area contributed by atoms with E-state index in [0.717, 1.165) is 0 Å². The van der Waals surface area contributed by atoms with Gasteiger partial charge in [0.25, 0.3) is 5.91 Å². The summed E-state index contributed by atoms with van der Waals surface area (Å²) in [6.45, 7) is 1.59. The lowest BCUT2D eigenvalue weighted by atomic mass is 10.2. The largest absolute Gasteiger partial charge is 0.479 e. The molecule has 2 rings (SSSR count). The highest BCUT2D eigenvalue weighted by atomic mass is 35.5. The fourth-order valence-electron chi connectivity index (χ4n) is 1.78. The van der Waals surface area contributed by atoms with E-state index in [1.54, 1.807) is 37.3 Å². The van der Waals surface area contributed by atoms with Crippen LogP contribution in [0.25, 0.3) is 0 Å². The lowest BCUT2D eigenvalue weighted by molar-refractivity contribution is -0.122. The van der Waals surface area contributed by atoms with Crippen LogP contribution in [0.2, 0.25) is 10.0 Å². The van der Waals surface area contributed by atoms with Crippen LogP contribution in [0.5, 0.6) is 5.75 Å². The second-order valence-corrected chi connectivity index (χ2v) is 5.53. The molecule has 23 heavy (non-hydrogen) atoms. The Kier molecular flexibility index (Phi) is 5.47. The number of benzene rings is 2. The smallest absolute Gasteiger partial charge is 0.265 e. The van der Waals surface area contributed by atoms with Crippen molar-refractivity contribution in [1.29, 1.82) is 0 Å². The number of ether oxygens (including phenoxy) is 1. The number of anilines is 1. The summed E-state index contributed by atoms with van der Waals surface area (Å²) < 4.78 is 5.52. The fourth-order valence-corrected chi connectivity index (χ4v) is 2.12. The summed E-state index contributed by atoms with van der Waals surface area (Å²) in [6, 6.07) is 11.1. The van der Waals surface area contributed by atoms with Crippen LogP contribution >= 0.6 is 23.2 Å². The molecule has 0 aromatic heterocycles. The fraction of sp³-hybridized carbons (Fsp3) is 0.125. The van der Waals surface area contributed by atoms with Crippen LogP contribution < -0.4 is 15.8 Å². The van der Waals surface area contributed by atoms with Gasteiger partial charge < -0.3 is 15.8 Å². The summed E-state index contributed by atoms with van der Waals surface area (Å²) in [6.07, 6.45) is -0.790. The number of amides is 2. The number of nitrogens with two attached hydrogens (primary N) is 1. The highest BCUT2D eigenvalue weighted by molar-refractivity contribution is 6.42.